The van der Waals surface area contributed by atoms with Crippen LogP contribution in [0.4, 0.5) is 0 Å². The van der Waals surface area contributed by atoms with E-state index < -0.39 is 17.2 Å². The van der Waals surface area contributed by atoms with Crippen LogP contribution in [-0.4, -0.2) is 105 Å². The van der Waals surface area contributed by atoms with Gasteiger partial charge in [0.15, 0.2) is 40.2 Å². The molecule has 0 unspecified atom stereocenters. The number of H-pyrrole nitrogens is 4. The van der Waals surface area contributed by atoms with Crippen molar-refractivity contribution in [1.29, 1.82) is 0 Å². The molecule has 8 aromatic carbocycles. The lowest BCUT2D eigenvalue weighted by Gasteiger charge is -2.09. The molecule has 0 aliphatic carbocycles. The summed E-state index contributed by atoms with van der Waals surface area (Å²) >= 11 is 57.7. The topological polar surface area (TPSA) is 203 Å². The summed E-state index contributed by atoms with van der Waals surface area (Å²) in [5, 5.41) is 8.11. The molecule has 0 atom stereocenters. The number of ether oxygens (including phenoxy) is 4. The molecule has 0 aliphatic rings. The molecule has 0 saturated carbocycles. The second kappa shape index (κ2) is 33.6. The fourth-order valence-corrected chi connectivity index (χ4v) is 11.1. The first-order valence-corrected chi connectivity index (χ1v) is 34.9. The highest BCUT2D eigenvalue weighted by molar-refractivity contribution is 6.64. The molecule has 15 rings (SSSR count). The van der Waals surface area contributed by atoms with Crippen molar-refractivity contribution in [2.24, 2.45) is 0 Å². The third-order valence-electron chi connectivity index (χ3n) is 15.2. The molecule has 100 heavy (non-hydrogen) atoms. The molecule has 0 fully saturated rings. The number of rotatable bonds is 4. The van der Waals surface area contributed by atoms with Crippen molar-refractivity contribution in [3.63, 3.8) is 0 Å². The summed E-state index contributed by atoms with van der Waals surface area (Å²) < 4.78 is 19.8. The first kappa shape index (κ1) is 73.2. The van der Waals surface area contributed by atoms with Gasteiger partial charge >= 0.3 is 0 Å². The monoisotopic (exact) mass is 1570 g/mol. The number of nitrogens with zero attached hydrogens (tertiary/aromatic N) is 8. The van der Waals surface area contributed by atoms with E-state index in [0.29, 0.717) is 67.1 Å². The number of hydrogen-bond donors (Lipinski definition) is 4. The number of benzene rings is 8. The molecule has 0 amide bonds. The molecule has 508 valence electrons. The van der Waals surface area contributed by atoms with Crippen molar-refractivity contribution in [3.8, 4) is 23.0 Å². The molecule has 0 spiro atoms. The predicted molar refractivity (Wildman–Crippen MR) is 422 cm³/mol. The molecule has 0 saturated heterocycles. The minimum absolute atomic E-state index is 0.549. The lowest BCUT2D eigenvalue weighted by atomic mass is 10.0. The zero-order chi connectivity index (χ0) is 70.7. The smallest absolute Gasteiger partial charge is 0.180 e. The van der Waals surface area contributed by atoms with Crippen LogP contribution < -0.4 is 18.9 Å². The summed E-state index contributed by atoms with van der Waals surface area (Å²) in [5.41, 5.74) is 14.3. The van der Waals surface area contributed by atoms with Crippen molar-refractivity contribution >= 4 is 293 Å². The van der Waals surface area contributed by atoms with Gasteiger partial charge in [0.05, 0.1) is 141 Å². The lowest BCUT2D eigenvalue weighted by molar-refractivity contribution is 0.355. The number of methoxy groups -OCH3 is 4. The van der Waals surface area contributed by atoms with Crippen molar-refractivity contribution in [2.75, 3.05) is 28.4 Å². The highest BCUT2D eigenvalue weighted by atomic mass is 35.6. The van der Waals surface area contributed by atoms with E-state index in [4.69, 9.17) is 198 Å². The van der Waals surface area contributed by atoms with E-state index in [1.54, 1.807) is 28.4 Å². The van der Waals surface area contributed by atoms with E-state index >= 15 is 0 Å². The maximum absolute atomic E-state index is 5.69. The number of aromatic amines is 4. The Morgan fingerprint density at radius 1 is 0.260 bits per heavy atom. The standard InChI is InChI=1S/C68H48N12O4.4CHCl3/c1-81-61-29-57-58(30-62(61)82-2)78-66-54-22-18-42(74-54)34-70-50-14-6-10-38-26-40-12-8-16-52(48(40)28-46(38)50)72-36-44-20-24-56(76-44)68-67(79-59-31-63(83-3)64(84-4)32-60(59)80-68)55-23-19-43(75-55)35-71-51-15-7-11-39-25-37-9-5-13-49(45(37)27-47(39)51)69-33-41-17-21-53(73-41)65(66)77-57;4*2-1(3)4/h5-36,73-76H,1-4H3;4*1H. The second-order valence-corrected chi connectivity index (χ2v) is 29.2. The predicted octanol–water partition coefficient (Wildman–Crippen LogP) is 23.3. The Labute approximate surface area is 629 Å². The number of nitrogens with one attached hydrogen (secondary N) is 4. The quantitative estimate of drug-likeness (QED) is 0.0960. The second-order valence-electron chi connectivity index (χ2n) is 21.3. The molecule has 28 heteroatoms. The zero-order valence-electron chi connectivity index (χ0n) is 52.5. The molecular formula is C72H52Cl12N12O4. The minimum Gasteiger partial charge on any atom is -0.493 e. The summed E-state index contributed by atoms with van der Waals surface area (Å²) in [5.74, 6) is 2.20. The van der Waals surface area contributed by atoms with Crippen molar-refractivity contribution in [1.82, 2.24) is 59.8 Å². The van der Waals surface area contributed by atoms with Gasteiger partial charge in [-0.05, 0) is 119 Å². The highest BCUT2D eigenvalue weighted by Crippen LogP contribution is 2.36. The SMILES string of the molecule is COc1cc2nc3c4ccc(cnc5cccc6cc7cccc(ncc8ccc([nH]8)c8nc9cc(OC)c(OC)cc9nc8c8ccc(cnc9cccc%10cc%11cccc(ncc%12ccc([nH]%12)c3nc2cc1OC)c%11cc%109)[nH]8)c7cc65)[nH]4.ClC(Cl)Cl.ClC(Cl)Cl.ClC(Cl)Cl.ClC(Cl)Cl. The van der Waals surface area contributed by atoms with Crippen LogP contribution in [0.5, 0.6) is 23.0 Å². The van der Waals surface area contributed by atoms with E-state index in [9.17, 15) is 0 Å². The Balaban J connectivity index is 0.000000573. The van der Waals surface area contributed by atoms with Crippen LogP contribution in [0, 0.1) is 0 Å². The van der Waals surface area contributed by atoms with Crippen molar-refractivity contribution in [3.05, 3.63) is 195 Å². The van der Waals surface area contributed by atoms with E-state index in [1.165, 1.54) is 0 Å². The van der Waals surface area contributed by atoms with Crippen LogP contribution in [0.1, 0.15) is 0 Å². The molecule has 0 radical (unpaired) electrons. The Morgan fingerprint density at radius 3 is 0.670 bits per heavy atom. The molecule has 16 nitrogen and oxygen atoms in total. The van der Waals surface area contributed by atoms with E-state index in [0.717, 1.165) is 109 Å². The first-order valence-electron chi connectivity index (χ1n) is 29.7. The maximum Gasteiger partial charge on any atom is 0.180 e. The average Bonchev–Trinajstić information content (AvgIpc) is 1.56. The van der Waals surface area contributed by atoms with Crippen molar-refractivity contribution < 1.29 is 18.9 Å². The van der Waals surface area contributed by atoms with Gasteiger partial charge in [0.2, 0.25) is 0 Å². The third kappa shape index (κ3) is 17.8. The molecule has 7 aromatic heterocycles. The summed E-state index contributed by atoms with van der Waals surface area (Å²) in [6, 6.07) is 56.6. The molecular weight excluding hydrogens is 1520 g/mol. The molecule has 12 bridgehead atoms. The van der Waals surface area contributed by atoms with Crippen LogP contribution in [0.25, 0.3) is 153 Å². The number of halogens is 12. The van der Waals surface area contributed by atoms with Gasteiger partial charge in [-0.15, -0.1) is 0 Å². The summed E-state index contributed by atoms with van der Waals surface area (Å²) in [6.07, 6.45) is 7.35. The van der Waals surface area contributed by atoms with Gasteiger partial charge in [-0.1, -0.05) is 188 Å². The van der Waals surface area contributed by atoms with Crippen LogP contribution in [0.15, 0.2) is 195 Å². The molecule has 7 heterocycles. The lowest BCUT2D eigenvalue weighted by Crippen LogP contribution is -1.94. The van der Waals surface area contributed by atoms with Gasteiger partial charge in [0.25, 0.3) is 0 Å². The Bertz CT molecular complexity index is 5180. The van der Waals surface area contributed by atoms with Gasteiger partial charge < -0.3 is 38.9 Å². The van der Waals surface area contributed by atoms with Crippen LogP contribution in [-0.2, 0) is 0 Å². The maximum atomic E-state index is 5.69. The average molecular weight is 1570 g/mol. The van der Waals surface area contributed by atoms with E-state index in [1.807, 2.05) is 146 Å². The largest absolute Gasteiger partial charge is 0.493 e. The fraction of sp³-hybridized carbons (Fsp3) is 0.111. The number of fused-ring (bicyclic) bond motifs is 16. The number of alkyl halides is 12. The minimum atomic E-state index is -0.750. The normalized spacial score (nSPS) is 11.2. The summed E-state index contributed by atoms with van der Waals surface area (Å²) in [4.78, 5) is 55.5. The number of hydrogen-bond acceptors (Lipinski definition) is 12. The van der Waals surface area contributed by atoms with E-state index in [2.05, 4.69) is 68.5 Å². The van der Waals surface area contributed by atoms with Crippen molar-refractivity contribution in [2.45, 2.75) is 17.2 Å². The highest BCUT2D eigenvalue weighted by Gasteiger charge is 2.15. The molecule has 15 aromatic rings. The van der Waals surface area contributed by atoms with Gasteiger partial charge in [-0.2, -0.15) is 0 Å². The number of aromatic nitrogens is 12. The summed E-state index contributed by atoms with van der Waals surface area (Å²) in [7, 11) is 6.43. The van der Waals surface area contributed by atoms with Gasteiger partial charge in [-0.25, -0.2) is 19.9 Å². The van der Waals surface area contributed by atoms with Gasteiger partial charge in [-0.3, -0.25) is 19.9 Å². The third-order valence-corrected chi connectivity index (χ3v) is 15.2. The Hall–Kier alpha value is -8.04. The summed E-state index contributed by atoms with van der Waals surface area (Å²) in [6.45, 7) is 0. The van der Waals surface area contributed by atoms with Crippen LogP contribution >= 0.6 is 139 Å². The Morgan fingerprint density at radius 2 is 0.470 bits per heavy atom. The molecule has 0 aliphatic heterocycles. The Kier molecular flexibility index (Phi) is 24.6. The van der Waals surface area contributed by atoms with Gasteiger partial charge in [0.1, 0.15) is 22.1 Å². The van der Waals surface area contributed by atoms with E-state index in [-0.39, 0.29) is 0 Å². The first-order chi connectivity index (χ1) is 48.3. The fourth-order valence-electron chi connectivity index (χ4n) is 11.1. The van der Waals surface area contributed by atoms with Crippen LogP contribution in [0.3, 0.4) is 0 Å². The van der Waals surface area contributed by atoms with Crippen LogP contribution in [0.2, 0.25) is 0 Å². The zero-order valence-corrected chi connectivity index (χ0v) is 61.6. The molecule has 4 N–H and O–H groups in total. The van der Waals surface area contributed by atoms with Gasteiger partial charge in [0, 0.05) is 45.8 Å².